The summed E-state index contributed by atoms with van der Waals surface area (Å²) < 4.78 is 4.91. The minimum Gasteiger partial charge on any atom is -0.383 e. The lowest BCUT2D eigenvalue weighted by atomic mass is 10.1. The maximum atomic E-state index is 12.3. The van der Waals surface area contributed by atoms with Crippen LogP contribution in [0.25, 0.3) is 0 Å². The highest BCUT2D eigenvalue weighted by atomic mass is 35.5. The standard InChI is InChI=1S/C23H29ClN4O3/c1-31-14-11-25-23(30)20-10-7-18(15-21(20)24)26-16-22(29)27-17-5-8-19(9-6-17)28-12-3-2-4-13-28/h5-10,15,26H,2-4,11-14,16H2,1H3,(H,25,30)(H,27,29). The fourth-order valence-electron chi connectivity index (χ4n) is 3.47. The number of nitrogens with one attached hydrogen (secondary N) is 3. The number of hydrogen-bond donors (Lipinski definition) is 3. The first-order valence-electron chi connectivity index (χ1n) is 10.5. The van der Waals surface area contributed by atoms with Crippen LogP contribution in [0.2, 0.25) is 5.02 Å². The van der Waals surface area contributed by atoms with E-state index in [2.05, 4.69) is 20.9 Å². The molecule has 0 aromatic heterocycles. The fraction of sp³-hybridized carbons (Fsp3) is 0.391. The molecule has 0 unspecified atom stereocenters. The van der Waals surface area contributed by atoms with Gasteiger partial charge in [0.1, 0.15) is 0 Å². The molecule has 31 heavy (non-hydrogen) atoms. The number of nitrogens with zero attached hydrogens (tertiary/aromatic N) is 1. The molecule has 0 saturated carbocycles. The first-order valence-corrected chi connectivity index (χ1v) is 10.9. The molecule has 166 valence electrons. The zero-order valence-corrected chi connectivity index (χ0v) is 18.5. The van der Waals surface area contributed by atoms with Gasteiger partial charge in [0, 0.05) is 43.8 Å². The molecule has 3 rings (SSSR count). The van der Waals surface area contributed by atoms with Crippen LogP contribution in [0, 0.1) is 0 Å². The number of rotatable bonds is 9. The van der Waals surface area contributed by atoms with E-state index < -0.39 is 0 Å². The molecule has 2 amide bonds. The maximum Gasteiger partial charge on any atom is 0.252 e. The molecule has 2 aromatic carbocycles. The highest BCUT2D eigenvalue weighted by Gasteiger charge is 2.12. The molecule has 7 nitrogen and oxygen atoms in total. The second kappa shape index (κ2) is 11.6. The quantitative estimate of drug-likeness (QED) is 0.513. The predicted octanol–water partition coefficient (Wildman–Crippen LogP) is 3.76. The van der Waals surface area contributed by atoms with Crippen LogP contribution in [0.4, 0.5) is 17.1 Å². The highest BCUT2D eigenvalue weighted by Crippen LogP contribution is 2.22. The molecule has 0 bridgehead atoms. The van der Waals surface area contributed by atoms with Crippen molar-refractivity contribution in [3.8, 4) is 0 Å². The van der Waals surface area contributed by atoms with Gasteiger partial charge in [0.2, 0.25) is 5.91 Å². The van der Waals surface area contributed by atoms with E-state index in [1.807, 2.05) is 24.3 Å². The van der Waals surface area contributed by atoms with Crippen LogP contribution in [0.1, 0.15) is 29.6 Å². The first kappa shape index (κ1) is 22.9. The number of halogens is 1. The van der Waals surface area contributed by atoms with Crippen molar-refractivity contribution in [3.63, 3.8) is 0 Å². The highest BCUT2D eigenvalue weighted by molar-refractivity contribution is 6.34. The molecule has 0 aliphatic carbocycles. The second-order valence-electron chi connectivity index (χ2n) is 7.44. The molecule has 1 fully saturated rings. The van der Waals surface area contributed by atoms with Crippen LogP contribution in [-0.4, -0.2) is 51.7 Å². The Bertz CT molecular complexity index is 883. The van der Waals surface area contributed by atoms with E-state index in [1.165, 1.54) is 24.9 Å². The summed E-state index contributed by atoms with van der Waals surface area (Å²) in [4.78, 5) is 26.8. The Kier molecular flexibility index (Phi) is 8.55. The van der Waals surface area contributed by atoms with E-state index in [0.29, 0.717) is 29.4 Å². The molecule has 1 heterocycles. The Morgan fingerprint density at radius 3 is 2.42 bits per heavy atom. The summed E-state index contributed by atoms with van der Waals surface area (Å²) in [6.45, 7) is 3.10. The molecule has 0 atom stereocenters. The van der Waals surface area contributed by atoms with E-state index >= 15 is 0 Å². The number of methoxy groups -OCH3 is 1. The van der Waals surface area contributed by atoms with Gasteiger partial charge in [-0.1, -0.05) is 11.6 Å². The number of benzene rings is 2. The van der Waals surface area contributed by atoms with Crippen molar-refractivity contribution >= 4 is 40.5 Å². The Balaban J connectivity index is 1.48. The number of carbonyl (C=O) groups excluding carboxylic acids is 2. The zero-order valence-electron chi connectivity index (χ0n) is 17.7. The lowest BCUT2D eigenvalue weighted by molar-refractivity contribution is -0.114. The van der Waals surface area contributed by atoms with Gasteiger partial charge >= 0.3 is 0 Å². The fourth-order valence-corrected chi connectivity index (χ4v) is 3.73. The van der Waals surface area contributed by atoms with E-state index in [-0.39, 0.29) is 18.4 Å². The van der Waals surface area contributed by atoms with Crippen molar-refractivity contribution in [1.82, 2.24) is 5.32 Å². The summed E-state index contributed by atoms with van der Waals surface area (Å²) in [5, 5.41) is 8.96. The molecule has 0 radical (unpaired) electrons. The average molecular weight is 445 g/mol. The van der Waals surface area contributed by atoms with Crippen LogP contribution >= 0.6 is 11.6 Å². The van der Waals surface area contributed by atoms with Gasteiger partial charge in [0.25, 0.3) is 5.91 Å². The zero-order chi connectivity index (χ0) is 22.1. The summed E-state index contributed by atoms with van der Waals surface area (Å²) in [6.07, 6.45) is 3.76. The lowest BCUT2D eigenvalue weighted by Crippen LogP contribution is -2.29. The van der Waals surface area contributed by atoms with Gasteiger partial charge in [-0.05, 0) is 61.7 Å². The van der Waals surface area contributed by atoms with Crippen molar-refractivity contribution in [2.45, 2.75) is 19.3 Å². The summed E-state index contributed by atoms with van der Waals surface area (Å²) in [6, 6.07) is 12.9. The molecule has 1 aliphatic rings. The van der Waals surface area contributed by atoms with Crippen molar-refractivity contribution < 1.29 is 14.3 Å². The second-order valence-corrected chi connectivity index (χ2v) is 7.85. The topological polar surface area (TPSA) is 82.7 Å². The largest absolute Gasteiger partial charge is 0.383 e. The van der Waals surface area contributed by atoms with Gasteiger partial charge in [-0.15, -0.1) is 0 Å². The van der Waals surface area contributed by atoms with Crippen molar-refractivity contribution in [2.75, 3.05) is 55.4 Å². The van der Waals surface area contributed by atoms with Crippen LogP contribution in [0.5, 0.6) is 0 Å². The molecular formula is C23H29ClN4O3. The number of amides is 2. The Morgan fingerprint density at radius 2 is 1.74 bits per heavy atom. The van der Waals surface area contributed by atoms with Crippen molar-refractivity contribution in [3.05, 3.63) is 53.1 Å². The van der Waals surface area contributed by atoms with E-state index in [1.54, 1.807) is 25.3 Å². The number of carbonyl (C=O) groups is 2. The minimum atomic E-state index is -0.264. The van der Waals surface area contributed by atoms with Crippen molar-refractivity contribution in [1.29, 1.82) is 0 Å². The van der Waals surface area contributed by atoms with Crippen LogP contribution in [-0.2, 0) is 9.53 Å². The molecule has 3 N–H and O–H groups in total. The number of anilines is 3. The van der Waals surface area contributed by atoms with Gasteiger partial charge in [0.05, 0.1) is 23.7 Å². The summed E-state index contributed by atoms with van der Waals surface area (Å²) in [5.41, 5.74) is 2.99. The number of hydrogen-bond acceptors (Lipinski definition) is 5. The Labute approximate surface area is 188 Å². The van der Waals surface area contributed by atoms with E-state index in [0.717, 1.165) is 18.8 Å². The number of piperidine rings is 1. The molecule has 1 saturated heterocycles. The third-order valence-corrected chi connectivity index (χ3v) is 5.44. The maximum absolute atomic E-state index is 12.3. The first-order chi connectivity index (χ1) is 15.1. The molecular weight excluding hydrogens is 416 g/mol. The predicted molar refractivity (Wildman–Crippen MR) is 125 cm³/mol. The van der Waals surface area contributed by atoms with Gasteiger partial charge in [-0.3, -0.25) is 9.59 Å². The van der Waals surface area contributed by atoms with Gasteiger partial charge in [-0.2, -0.15) is 0 Å². The van der Waals surface area contributed by atoms with Crippen molar-refractivity contribution in [2.24, 2.45) is 0 Å². The third-order valence-electron chi connectivity index (χ3n) is 5.13. The monoisotopic (exact) mass is 444 g/mol. The normalized spacial score (nSPS) is 13.5. The molecule has 8 heteroatoms. The summed E-state index contributed by atoms with van der Waals surface area (Å²) in [5.74, 6) is -0.428. The van der Waals surface area contributed by atoms with Gasteiger partial charge in [0.15, 0.2) is 0 Å². The Morgan fingerprint density at radius 1 is 1.03 bits per heavy atom. The molecule has 0 spiro atoms. The van der Waals surface area contributed by atoms with Crippen LogP contribution in [0.3, 0.4) is 0 Å². The summed E-state index contributed by atoms with van der Waals surface area (Å²) in [7, 11) is 1.57. The smallest absolute Gasteiger partial charge is 0.252 e. The average Bonchev–Trinajstić information content (AvgIpc) is 2.79. The Hall–Kier alpha value is -2.77. The number of ether oxygens (including phenoxy) is 1. The van der Waals surface area contributed by atoms with Gasteiger partial charge in [-0.25, -0.2) is 0 Å². The molecule has 2 aromatic rings. The van der Waals surface area contributed by atoms with E-state index in [4.69, 9.17) is 16.3 Å². The van der Waals surface area contributed by atoms with Crippen LogP contribution in [0.15, 0.2) is 42.5 Å². The summed E-state index contributed by atoms with van der Waals surface area (Å²) >= 11 is 6.22. The van der Waals surface area contributed by atoms with Gasteiger partial charge < -0.3 is 25.6 Å². The SMILES string of the molecule is COCCNC(=O)c1ccc(NCC(=O)Nc2ccc(N3CCCCC3)cc2)cc1Cl. The minimum absolute atomic E-state index is 0.0869. The lowest BCUT2D eigenvalue weighted by Gasteiger charge is -2.28. The van der Waals surface area contributed by atoms with Crippen LogP contribution < -0.4 is 20.9 Å². The molecule has 1 aliphatic heterocycles. The third kappa shape index (κ3) is 6.87. The van der Waals surface area contributed by atoms with E-state index in [9.17, 15) is 9.59 Å².